The summed E-state index contributed by atoms with van der Waals surface area (Å²) in [4.78, 5) is 0. The second-order valence-corrected chi connectivity index (χ2v) is 0. The molecule has 0 N–H and O–H groups in total. The molecule has 0 saturated heterocycles. The first-order chi connectivity index (χ1) is 0. The summed E-state index contributed by atoms with van der Waals surface area (Å²) < 4.78 is 0. The summed E-state index contributed by atoms with van der Waals surface area (Å²) in [5, 5.41) is 0. The third-order valence-corrected chi connectivity index (χ3v) is 0. The van der Waals surface area contributed by atoms with Crippen molar-refractivity contribution >= 4 is 59.0 Å². The molecule has 0 rings (SSSR count). The van der Waals surface area contributed by atoms with E-state index in [4.69, 9.17) is 0 Å². The van der Waals surface area contributed by atoms with Crippen LogP contribution in [0.5, 0.6) is 0 Å². The van der Waals surface area contributed by atoms with Crippen LogP contribution < -0.4 is 0 Å². The summed E-state index contributed by atoms with van der Waals surface area (Å²) in [5.74, 6) is 0. The molecule has 0 amide bonds. The third kappa shape index (κ3) is 9.04. The molecular weight excluding hydrogens is 497 g/mol. The molecule has 0 aliphatic heterocycles. The van der Waals surface area contributed by atoms with Gasteiger partial charge in [0.1, 0.15) is 0 Å². The Labute approximate surface area is 112 Å². The van der Waals surface area contributed by atoms with Gasteiger partial charge in [0, 0.05) is 49.6 Å². The zero-order chi connectivity index (χ0) is 0. The molecule has 0 aromatic heterocycles. The first kappa shape index (κ1) is 26.3. The van der Waals surface area contributed by atoms with Crippen LogP contribution in [0.25, 0.3) is 0 Å². The van der Waals surface area contributed by atoms with Gasteiger partial charge in [-0.3, -0.25) is 0 Å². The molecule has 0 aromatic rings. The van der Waals surface area contributed by atoms with Crippen molar-refractivity contribution in [3.05, 3.63) is 0 Å². The molecule has 0 heterocycles. The molecule has 0 radical (unpaired) electrons. The van der Waals surface area contributed by atoms with Crippen LogP contribution in [0.4, 0.5) is 0 Å². The van der Waals surface area contributed by atoms with Gasteiger partial charge >= 0.3 is 59.0 Å². The molecule has 0 fully saturated rings. The molecule has 0 aliphatic carbocycles. The zero-order valence-electron chi connectivity index (χ0n) is 6.14. The molecule has 0 saturated carbocycles. The maximum Gasteiger partial charge on any atom is 2.00 e. The van der Waals surface area contributed by atoms with Gasteiger partial charge in [-0.15, -0.1) is 0 Å². The van der Waals surface area contributed by atoms with Crippen molar-refractivity contribution in [3.8, 4) is 0 Å². The average molecular weight is 501 g/mol. The Bertz CT molecular complexity index is 16.0. The summed E-state index contributed by atoms with van der Waals surface area (Å²) >= 11 is 0. The SMILES string of the molecule is [Ba+2].[Be+2].[H-].[H-].[H-].[H-].[Pd].[Pu]. The number of hydrogen-bond acceptors (Lipinski definition) is 0. The predicted octanol–water partition coefficient (Wildman–Crippen LogP) is -0.314. The number of rotatable bonds is 0. The summed E-state index contributed by atoms with van der Waals surface area (Å²) in [6, 6.07) is 0. The van der Waals surface area contributed by atoms with E-state index in [2.05, 4.69) is 0 Å². The van der Waals surface area contributed by atoms with Gasteiger partial charge in [0.2, 0.25) is 0 Å². The number of hydrogen-bond donors (Lipinski definition) is 0. The van der Waals surface area contributed by atoms with Crippen LogP contribution in [0.3, 0.4) is 0 Å². The molecular formula is H4BaBePdPu. The largest absolute Gasteiger partial charge is 2.00 e. The molecule has 0 unspecified atom stereocenters. The summed E-state index contributed by atoms with van der Waals surface area (Å²) in [5.41, 5.74) is 0. The molecule has 0 atom stereocenters. The Balaban J connectivity index is 0. The third-order valence-electron chi connectivity index (χ3n) is 0. The maximum absolute atomic E-state index is 0. The minimum Gasteiger partial charge on any atom is -1.00 e. The molecule has 0 bridgehead atoms. The van der Waals surface area contributed by atoms with Crippen molar-refractivity contribution in [1.29, 1.82) is 0 Å². The average Bonchev–Trinajstić information content (AvgIpc) is 0. The first-order valence-electron chi connectivity index (χ1n) is 0. The van der Waals surface area contributed by atoms with Crippen molar-refractivity contribution in [2.45, 2.75) is 0 Å². The fourth-order valence-corrected chi connectivity index (χ4v) is 0. The Morgan fingerprint density at radius 1 is 1.25 bits per heavy atom. The van der Waals surface area contributed by atoms with E-state index < -0.39 is 0 Å². The summed E-state index contributed by atoms with van der Waals surface area (Å²) in [6.45, 7) is 0. The topological polar surface area (TPSA) is 0 Å². The molecule has 0 spiro atoms. The van der Waals surface area contributed by atoms with E-state index in [0.717, 1.165) is 0 Å². The van der Waals surface area contributed by atoms with Gasteiger partial charge in [-0.25, -0.2) is 0 Å². The van der Waals surface area contributed by atoms with Crippen LogP contribution in [0.2, 0.25) is 0 Å². The minimum atomic E-state index is 0. The monoisotopic (exact) mass is 495 g/mol. The van der Waals surface area contributed by atoms with Gasteiger partial charge in [-0.1, -0.05) is 0 Å². The van der Waals surface area contributed by atoms with E-state index in [1.165, 1.54) is 0 Å². The Morgan fingerprint density at radius 2 is 1.25 bits per heavy atom. The molecule has 24 valence electrons. The zero-order valence-corrected chi connectivity index (χ0v) is 11.5. The van der Waals surface area contributed by atoms with E-state index in [0.29, 0.717) is 0 Å². The molecule has 4 heteroatoms. The van der Waals surface area contributed by atoms with E-state index in [-0.39, 0.29) is 114 Å². The molecule has 4 heavy (non-hydrogen) atoms. The van der Waals surface area contributed by atoms with E-state index in [9.17, 15) is 0 Å². The van der Waals surface area contributed by atoms with Crippen molar-refractivity contribution in [1.82, 2.24) is 0 Å². The van der Waals surface area contributed by atoms with Crippen molar-refractivity contribution < 1.29 is 55.3 Å². The Morgan fingerprint density at radius 3 is 1.25 bits per heavy atom. The normalized spacial score (nSPS) is 0. The van der Waals surface area contributed by atoms with E-state index in [1.54, 1.807) is 0 Å². The Kier molecular flexibility index (Phi) is 106. The van der Waals surface area contributed by atoms with Crippen molar-refractivity contribution in [2.75, 3.05) is 0 Å². The van der Waals surface area contributed by atoms with Crippen molar-refractivity contribution in [2.24, 2.45) is 0 Å². The Hall–Kier alpha value is 3.39. The van der Waals surface area contributed by atoms with Crippen LogP contribution in [-0.2, 0) is 20.4 Å². The van der Waals surface area contributed by atoms with Gasteiger partial charge in [0.05, 0.1) is 0 Å². The van der Waals surface area contributed by atoms with Crippen LogP contribution >= 0.6 is 0 Å². The van der Waals surface area contributed by atoms with Gasteiger partial charge in [-0.2, -0.15) is 0 Å². The summed E-state index contributed by atoms with van der Waals surface area (Å²) in [6.07, 6.45) is 0. The van der Waals surface area contributed by atoms with E-state index >= 15 is 0 Å². The molecule has 0 aromatic carbocycles. The van der Waals surface area contributed by atoms with Crippen molar-refractivity contribution in [3.63, 3.8) is 0 Å². The fraction of sp³-hybridized carbons (Fsp3) is 0. The van der Waals surface area contributed by atoms with Gasteiger partial charge in [0.15, 0.2) is 0 Å². The standard InChI is InChI=1S/Ba.Be.Pd.Pu.4H/q2*+2;;;4*-1. The first-order valence-corrected chi connectivity index (χ1v) is 0. The smallest absolute Gasteiger partial charge is 1.00 e. The quantitative estimate of drug-likeness (QED) is 0.400. The van der Waals surface area contributed by atoms with Crippen LogP contribution in [0.1, 0.15) is 5.71 Å². The summed E-state index contributed by atoms with van der Waals surface area (Å²) in [7, 11) is 0. The second-order valence-electron chi connectivity index (χ2n) is 0. The fourth-order valence-electron chi connectivity index (χ4n) is 0. The van der Waals surface area contributed by atoms with E-state index in [1.807, 2.05) is 0 Å². The maximum atomic E-state index is 0. The second kappa shape index (κ2) is 16.2. The van der Waals surface area contributed by atoms with Gasteiger partial charge in [-0.05, 0) is 0 Å². The van der Waals surface area contributed by atoms with Crippen LogP contribution in [0, 0.1) is 29.2 Å². The van der Waals surface area contributed by atoms with Gasteiger partial charge < -0.3 is 5.71 Å². The van der Waals surface area contributed by atoms with Crippen LogP contribution in [-0.4, -0.2) is 59.0 Å². The molecule has 0 nitrogen and oxygen atoms in total. The molecule has 0 aliphatic rings. The van der Waals surface area contributed by atoms with Gasteiger partial charge in [0.25, 0.3) is 0 Å². The minimum absolute atomic E-state index is 0. The predicted molar refractivity (Wildman–Crippen MR) is 16.0 cm³/mol. The van der Waals surface area contributed by atoms with Crippen LogP contribution in [0.15, 0.2) is 0 Å².